The van der Waals surface area contributed by atoms with Crippen molar-refractivity contribution in [3.05, 3.63) is 101 Å². The van der Waals surface area contributed by atoms with Crippen LogP contribution >= 0.6 is 0 Å². The van der Waals surface area contributed by atoms with Crippen molar-refractivity contribution in [1.82, 2.24) is 46.5 Å². The molecule has 5 amide bonds. The molecule has 7 N–H and O–H groups in total. The van der Waals surface area contributed by atoms with Crippen LogP contribution in [0.25, 0.3) is 11.3 Å². The van der Waals surface area contributed by atoms with Gasteiger partial charge in [0, 0.05) is 87.8 Å². The number of nitrogens with zero attached hydrogens (tertiary/aromatic N) is 5. The van der Waals surface area contributed by atoms with Crippen LogP contribution in [0.5, 0.6) is 0 Å². The van der Waals surface area contributed by atoms with Crippen molar-refractivity contribution in [2.45, 2.75) is 85.5 Å². The maximum atomic E-state index is 15.0. The predicted octanol–water partition coefficient (Wildman–Crippen LogP) is 3.90. The number of carbonyl (C=O) groups is 5. The first-order valence-electron chi connectivity index (χ1n) is 22.5. The largest absolute Gasteiger partial charge is 0.465 e. The van der Waals surface area contributed by atoms with Crippen LogP contribution in [0.15, 0.2) is 67.0 Å². The number of carbonyl (C=O) groups excluding carboxylic acids is 4. The molecule has 3 heterocycles. The van der Waals surface area contributed by atoms with E-state index in [0.717, 1.165) is 18.0 Å². The van der Waals surface area contributed by atoms with Crippen LogP contribution in [0.1, 0.15) is 70.7 Å². The molecular weight excluding hydrogens is 895 g/mol. The number of amides is 5. The Hall–Kier alpha value is -7.11. The van der Waals surface area contributed by atoms with Crippen molar-refractivity contribution in [3.63, 3.8) is 0 Å². The maximum Gasteiger partial charge on any atom is 0.407 e. The fourth-order valence-corrected chi connectivity index (χ4v) is 7.46. The van der Waals surface area contributed by atoms with Gasteiger partial charge in [0.25, 0.3) is 5.91 Å². The first kappa shape index (κ1) is 52.9. The fourth-order valence-electron chi connectivity index (χ4n) is 7.46. The second kappa shape index (κ2) is 23.3. The normalized spacial score (nSPS) is 14.6. The Bertz CT molecular complexity index is 2480. The van der Waals surface area contributed by atoms with Crippen LogP contribution in [-0.2, 0) is 39.0 Å². The van der Waals surface area contributed by atoms with E-state index in [2.05, 4.69) is 53.6 Å². The molecule has 4 aromatic rings. The number of aliphatic hydroxyl groups is 1. The second-order valence-corrected chi connectivity index (χ2v) is 19.0. The number of ether oxygens (including phenoxy) is 1. The van der Waals surface area contributed by atoms with E-state index in [0.29, 0.717) is 48.6 Å². The number of halogens is 2. The van der Waals surface area contributed by atoms with Gasteiger partial charge in [0.2, 0.25) is 11.8 Å². The number of hydrogen-bond acceptors (Lipinski definition) is 11. The number of benzene rings is 2. The third kappa shape index (κ3) is 15.5. The molecule has 5 rings (SSSR count). The highest BCUT2D eigenvalue weighted by Crippen LogP contribution is 2.25. The van der Waals surface area contributed by atoms with E-state index in [1.165, 1.54) is 4.68 Å². The summed E-state index contributed by atoms with van der Waals surface area (Å²) in [5.74, 6) is 4.03. The summed E-state index contributed by atoms with van der Waals surface area (Å²) in [4.78, 5) is 71.8. The highest BCUT2D eigenvalue weighted by atomic mass is 19.1. The lowest BCUT2D eigenvalue weighted by molar-refractivity contribution is -0.129. The van der Waals surface area contributed by atoms with Crippen molar-refractivity contribution in [1.29, 1.82) is 0 Å². The third-order valence-electron chi connectivity index (χ3n) is 11.4. The number of piperazine rings is 1. The lowest BCUT2D eigenvalue weighted by Crippen LogP contribution is -2.60. The number of aromatic nitrogens is 3. The number of aryl methyl sites for hydroxylation is 1. The number of pyridine rings is 1. The Kier molecular flexibility index (Phi) is 17.8. The molecule has 20 heteroatoms. The molecule has 1 fully saturated rings. The van der Waals surface area contributed by atoms with E-state index in [9.17, 15) is 34.2 Å². The number of nitrogens with one attached hydrogen (secondary N) is 5. The number of anilines is 1. The number of alkyl carbamates (subject to hydrolysis) is 1. The van der Waals surface area contributed by atoms with Crippen LogP contribution in [0.4, 0.5) is 24.2 Å². The highest BCUT2D eigenvalue weighted by molar-refractivity contribution is 5.87. The van der Waals surface area contributed by atoms with Crippen LogP contribution in [0, 0.1) is 34.3 Å². The van der Waals surface area contributed by atoms with E-state index < -0.39 is 77.3 Å². The molecule has 370 valence electrons. The maximum absolute atomic E-state index is 15.0. The Labute approximate surface area is 400 Å². The summed E-state index contributed by atoms with van der Waals surface area (Å²) in [6.45, 7) is 13.6. The van der Waals surface area contributed by atoms with Gasteiger partial charge in [-0.2, -0.15) is 5.10 Å². The molecule has 18 nitrogen and oxygen atoms in total. The van der Waals surface area contributed by atoms with E-state index in [1.54, 1.807) is 103 Å². The van der Waals surface area contributed by atoms with E-state index >= 15 is 8.78 Å². The quantitative estimate of drug-likeness (QED) is 0.0627. The van der Waals surface area contributed by atoms with Crippen LogP contribution < -0.4 is 31.7 Å². The summed E-state index contributed by atoms with van der Waals surface area (Å²) in [7, 11) is 1.68. The highest BCUT2D eigenvalue weighted by Gasteiger charge is 2.36. The molecule has 69 heavy (non-hydrogen) atoms. The minimum Gasteiger partial charge on any atom is -0.465 e. The fraction of sp³-hybridized carbons (Fsp3) is 0.449. The second-order valence-electron chi connectivity index (χ2n) is 19.0. The lowest BCUT2D eigenvalue weighted by atomic mass is 9.85. The van der Waals surface area contributed by atoms with E-state index in [-0.39, 0.29) is 36.4 Å². The number of aliphatic hydroxyl groups excluding tert-OH is 1. The Morgan fingerprint density at radius 1 is 0.826 bits per heavy atom. The minimum atomic E-state index is -1.39. The first-order valence-corrected chi connectivity index (χ1v) is 22.5. The summed E-state index contributed by atoms with van der Waals surface area (Å²) in [5, 5.41) is 32.6. The summed E-state index contributed by atoms with van der Waals surface area (Å²) in [6, 6.07) is 11.4. The average molecular weight is 957 g/mol. The topological polar surface area (TPSA) is 232 Å². The van der Waals surface area contributed by atoms with Gasteiger partial charge in [-0.3, -0.25) is 24.5 Å². The monoisotopic (exact) mass is 956 g/mol. The SMILES string of the molecule is CC(=O)N1CCN(c2ccc(C#Cc3ccc(CC(NC(=O)C(NC(=O)OCCc4c(F)cc(-c5ccn(C)n5)cc4F)C(C)(C)C)C(O)CNNC(=O)C(NC(=O)O)C(C)(C)C)cc3)cn2)CC1. The molecule has 0 saturated carbocycles. The first-order chi connectivity index (χ1) is 32.5. The number of carboxylic acid groups (broad SMARTS) is 1. The van der Waals surface area contributed by atoms with E-state index in [1.807, 2.05) is 12.1 Å². The van der Waals surface area contributed by atoms with E-state index in [4.69, 9.17) is 4.74 Å². The summed E-state index contributed by atoms with van der Waals surface area (Å²) >= 11 is 0. The zero-order valence-corrected chi connectivity index (χ0v) is 40.2. The molecule has 0 spiro atoms. The minimum absolute atomic E-state index is 0.0547. The zero-order valence-electron chi connectivity index (χ0n) is 40.2. The van der Waals surface area contributed by atoms with Gasteiger partial charge in [-0.05, 0) is 65.3 Å². The summed E-state index contributed by atoms with van der Waals surface area (Å²) in [5.41, 5.74) is 5.77. The smallest absolute Gasteiger partial charge is 0.407 e. The van der Waals surface area contributed by atoms with Gasteiger partial charge in [-0.25, -0.2) is 28.8 Å². The predicted molar refractivity (Wildman–Crippen MR) is 253 cm³/mol. The van der Waals surface area contributed by atoms with Crippen molar-refractivity contribution < 1.29 is 47.7 Å². The summed E-state index contributed by atoms with van der Waals surface area (Å²) in [6.07, 6.45) is -0.654. The van der Waals surface area contributed by atoms with Gasteiger partial charge in [-0.1, -0.05) is 65.5 Å². The molecule has 1 aliphatic rings. The van der Waals surface area contributed by atoms with Gasteiger partial charge in [-0.15, -0.1) is 0 Å². The molecule has 2 aromatic carbocycles. The van der Waals surface area contributed by atoms with Gasteiger partial charge in [0.1, 0.15) is 29.5 Å². The van der Waals surface area contributed by atoms with Crippen molar-refractivity contribution in [3.8, 4) is 23.1 Å². The molecule has 0 aliphatic carbocycles. The summed E-state index contributed by atoms with van der Waals surface area (Å²) < 4.78 is 36.8. The number of hydrazine groups is 1. The molecule has 1 saturated heterocycles. The van der Waals surface area contributed by atoms with Crippen LogP contribution in [0.3, 0.4) is 0 Å². The van der Waals surface area contributed by atoms with Crippen LogP contribution in [0.2, 0.25) is 0 Å². The van der Waals surface area contributed by atoms with Crippen molar-refractivity contribution >= 4 is 35.7 Å². The molecular formula is C49H62F2N10O8. The number of rotatable bonds is 16. The average Bonchev–Trinajstić information content (AvgIpc) is 3.73. The molecule has 4 atom stereocenters. The molecule has 0 bridgehead atoms. The van der Waals surface area contributed by atoms with Gasteiger partial charge >= 0.3 is 12.2 Å². The Morgan fingerprint density at radius 2 is 1.43 bits per heavy atom. The van der Waals surface area contributed by atoms with Crippen LogP contribution in [-0.4, -0.2) is 123 Å². The standard InChI is InChI=1S/C49H62F2N10O8/c1-30(62)60-20-22-61(23-21-60)41-16-15-33(28-52-41)14-11-31-9-12-32(13-10-31)25-39(40(63)29-53-57-45(65)43(49(5,6)7)55-46(66)67)54-44(64)42(48(2,3)4)56-47(68)69-24-18-35-36(50)26-34(27-37(35)51)38-17-19-59(8)58-38/h9-10,12-13,15-17,19,26-28,39-40,42-43,53,55,63H,18,20-25,29H2,1-8H3,(H,54,64)(H,56,68)(H,57,65)(H,66,67). The Morgan fingerprint density at radius 3 is 1.99 bits per heavy atom. The third-order valence-corrected chi connectivity index (χ3v) is 11.4. The van der Waals surface area contributed by atoms with Gasteiger partial charge in [0.05, 0.1) is 24.4 Å². The van der Waals surface area contributed by atoms with Gasteiger partial charge in [0.15, 0.2) is 0 Å². The van der Waals surface area contributed by atoms with Crippen molar-refractivity contribution in [2.75, 3.05) is 44.2 Å². The molecule has 4 unspecified atom stereocenters. The lowest BCUT2D eigenvalue weighted by Gasteiger charge is -2.34. The van der Waals surface area contributed by atoms with Gasteiger partial charge < -0.3 is 40.7 Å². The molecule has 0 radical (unpaired) electrons. The number of hydrogen-bond donors (Lipinski definition) is 7. The Balaban J connectivity index is 1.25. The molecule has 2 aromatic heterocycles. The van der Waals surface area contributed by atoms with Crippen molar-refractivity contribution in [2.24, 2.45) is 17.9 Å². The molecule has 1 aliphatic heterocycles. The zero-order chi connectivity index (χ0) is 50.6.